The van der Waals surface area contributed by atoms with Crippen LogP contribution in [0.2, 0.25) is 0 Å². The topological polar surface area (TPSA) is 129 Å². The van der Waals surface area contributed by atoms with Gasteiger partial charge < -0.3 is 19.7 Å². The second kappa shape index (κ2) is 12.5. The smallest absolute Gasteiger partial charge is 0.410 e. The largest absolute Gasteiger partial charge is 0.495 e. The van der Waals surface area contributed by atoms with Crippen LogP contribution in [-0.4, -0.2) is 46.2 Å². The van der Waals surface area contributed by atoms with Crippen LogP contribution in [0, 0.1) is 17.1 Å². The molecule has 0 saturated carbocycles. The second-order valence-electron chi connectivity index (χ2n) is 9.29. The summed E-state index contributed by atoms with van der Waals surface area (Å²) in [5.74, 6) is 0.253. The van der Waals surface area contributed by atoms with Crippen molar-refractivity contribution in [1.29, 1.82) is 5.26 Å². The molecular formula is C27H29FN6O4. The van der Waals surface area contributed by atoms with Gasteiger partial charge in [0.2, 0.25) is 0 Å². The molecule has 0 fully saturated rings. The zero-order valence-corrected chi connectivity index (χ0v) is 21.6. The van der Waals surface area contributed by atoms with Gasteiger partial charge in [0.05, 0.1) is 25.2 Å². The molecule has 38 heavy (non-hydrogen) atoms. The molecule has 2 aromatic carbocycles. The standard InChI is InChI=1S/C27H29FN6O4/c1-27(2,3)38-26(36)34(17-19-5-8-20(28)9-6-19)12-11-18-7-10-22(23(13-18)37-4)32-25(35)33-24-16-30-21(14-29)15-31-24/h5-10,13,15-16H,11-12,17H2,1-4H3,(H2,31,32,33,35). The van der Waals surface area contributed by atoms with Crippen LogP contribution in [0.3, 0.4) is 0 Å². The lowest BCUT2D eigenvalue weighted by Crippen LogP contribution is -2.37. The van der Waals surface area contributed by atoms with E-state index in [4.69, 9.17) is 14.7 Å². The fourth-order valence-corrected chi connectivity index (χ4v) is 3.35. The Bertz CT molecular complexity index is 1300. The van der Waals surface area contributed by atoms with Gasteiger partial charge in [-0.25, -0.2) is 23.9 Å². The molecule has 0 aliphatic heterocycles. The summed E-state index contributed by atoms with van der Waals surface area (Å²) in [6, 6.07) is 12.5. The minimum absolute atomic E-state index is 0.135. The van der Waals surface area contributed by atoms with Crippen molar-refractivity contribution in [3.63, 3.8) is 0 Å². The third kappa shape index (κ3) is 8.44. The summed E-state index contributed by atoms with van der Waals surface area (Å²) >= 11 is 0. The van der Waals surface area contributed by atoms with E-state index in [2.05, 4.69) is 20.6 Å². The van der Waals surface area contributed by atoms with E-state index in [0.717, 1.165) is 11.1 Å². The molecule has 1 aromatic heterocycles. The fraction of sp³-hybridized carbons (Fsp3) is 0.296. The Morgan fingerprint density at radius 3 is 2.37 bits per heavy atom. The van der Waals surface area contributed by atoms with Gasteiger partial charge in [0.15, 0.2) is 11.5 Å². The third-order valence-electron chi connectivity index (χ3n) is 5.13. The van der Waals surface area contributed by atoms with E-state index in [-0.39, 0.29) is 23.9 Å². The SMILES string of the molecule is COc1cc(CCN(Cc2ccc(F)cc2)C(=O)OC(C)(C)C)ccc1NC(=O)Nc1cnc(C#N)cn1. The number of aromatic nitrogens is 2. The molecule has 0 aliphatic carbocycles. The molecule has 2 N–H and O–H groups in total. The van der Waals surface area contributed by atoms with E-state index in [9.17, 15) is 14.0 Å². The van der Waals surface area contributed by atoms with Gasteiger partial charge in [0.25, 0.3) is 0 Å². The van der Waals surface area contributed by atoms with Gasteiger partial charge in [-0.1, -0.05) is 18.2 Å². The van der Waals surface area contributed by atoms with Crippen molar-refractivity contribution in [2.75, 3.05) is 24.3 Å². The molecule has 0 unspecified atom stereocenters. The van der Waals surface area contributed by atoms with Gasteiger partial charge in [-0.15, -0.1) is 0 Å². The monoisotopic (exact) mass is 520 g/mol. The number of nitrogens with zero attached hydrogens (tertiary/aromatic N) is 4. The Morgan fingerprint density at radius 2 is 1.76 bits per heavy atom. The fourth-order valence-electron chi connectivity index (χ4n) is 3.35. The number of anilines is 2. The van der Waals surface area contributed by atoms with Crippen molar-refractivity contribution < 1.29 is 23.5 Å². The minimum Gasteiger partial charge on any atom is -0.495 e. The van der Waals surface area contributed by atoms with E-state index in [1.807, 2.05) is 12.1 Å². The molecule has 11 heteroatoms. The molecule has 3 amide bonds. The lowest BCUT2D eigenvalue weighted by atomic mass is 10.1. The first-order chi connectivity index (χ1) is 18.1. The highest BCUT2D eigenvalue weighted by Gasteiger charge is 2.22. The van der Waals surface area contributed by atoms with Crippen LogP contribution in [-0.2, 0) is 17.7 Å². The molecule has 0 spiro atoms. The molecule has 0 saturated heterocycles. The molecule has 0 aliphatic rings. The van der Waals surface area contributed by atoms with Crippen molar-refractivity contribution in [3.8, 4) is 11.8 Å². The zero-order valence-electron chi connectivity index (χ0n) is 21.6. The summed E-state index contributed by atoms with van der Waals surface area (Å²) in [4.78, 5) is 34.6. The van der Waals surface area contributed by atoms with Crippen molar-refractivity contribution in [3.05, 3.63) is 77.5 Å². The average Bonchev–Trinajstić information content (AvgIpc) is 2.87. The molecule has 0 radical (unpaired) electrons. The van der Waals surface area contributed by atoms with E-state index in [1.165, 1.54) is 31.6 Å². The molecule has 3 aromatic rings. The quantitative estimate of drug-likeness (QED) is 0.422. The first-order valence-corrected chi connectivity index (χ1v) is 11.8. The van der Waals surface area contributed by atoms with Crippen LogP contribution in [0.5, 0.6) is 5.75 Å². The normalized spacial score (nSPS) is 10.7. The number of carbonyl (C=O) groups is 2. The van der Waals surface area contributed by atoms with Crippen LogP contribution < -0.4 is 15.4 Å². The number of hydrogen-bond donors (Lipinski definition) is 2. The Hall–Kier alpha value is -4.72. The first kappa shape index (κ1) is 27.9. The van der Waals surface area contributed by atoms with E-state index < -0.39 is 17.7 Å². The number of benzene rings is 2. The number of nitrogens with one attached hydrogen (secondary N) is 2. The van der Waals surface area contributed by atoms with Gasteiger partial charge in [0, 0.05) is 13.1 Å². The number of methoxy groups -OCH3 is 1. The summed E-state index contributed by atoms with van der Waals surface area (Å²) < 4.78 is 24.3. The third-order valence-corrected chi connectivity index (χ3v) is 5.13. The number of halogens is 1. The Labute approximate surface area is 220 Å². The first-order valence-electron chi connectivity index (χ1n) is 11.8. The second-order valence-corrected chi connectivity index (χ2v) is 9.29. The summed E-state index contributed by atoms with van der Waals surface area (Å²) in [6.45, 7) is 5.97. The van der Waals surface area contributed by atoms with Crippen LogP contribution in [0.4, 0.5) is 25.5 Å². The lowest BCUT2D eigenvalue weighted by molar-refractivity contribution is 0.0236. The predicted molar refractivity (Wildman–Crippen MR) is 139 cm³/mol. The number of urea groups is 1. The maximum absolute atomic E-state index is 13.3. The summed E-state index contributed by atoms with van der Waals surface area (Å²) in [6.07, 6.45) is 2.53. The van der Waals surface area contributed by atoms with Crippen LogP contribution in [0.15, 0.2) is 54.9 Å². The van der Waals surface area contributed by atoms with Gasteiger partial charge in [-0.3, -0.25) is 5.32 Å². The number of rotatable bonds is 8. The molecule has 198 valence electrons. The Morgan fingerprint density at radius 1 is 1.05 bits per heavy atom. The van der Waals surface area contributed by atoms with Crippen LogP contribution >= 0.6 is 0 Å². The van der Waals surface area contributed by atoms with E-state index in [0.29, 0.717) is 24.4 Å². The number of hydrogen-bond acceptors (Lipinski definition) is 7. The highest BCUT2D eigenvalue weighted by Crippen LogP contribution is 2.26. The number of nitriles is 1. The van der Waals surface area contributed by atoms with Crippen molar-refractivity contribution in [2.24, 2.45) is 0 Å². The van der Waals surface area contributed by atoms with Gasteiger partial charge >= 0.3 is 12.1 Å². The Kier molecular flexibility index (Phi) is 9.16. The zero-order chi connectivity index (χ0) is 27.7. The summed E-state index contributed by atoms with van der Waals surface area (Å²) in [5, 5.41) is 14.0. The van der Waals surface area contributed by atoms with Crippen molar-refractivity contribution >= 4 is 23.6 Å². The van der Waals surface area contributed by atoms with Crippen LogP contribution in [0.25, 0.3) is 0 Å². The molecular weight excluding hydrogens is 491 g/mol. The molecule has 1 heterocycles. The van der Waals surface area contributed by atoms with Gasteiger partial charge in [-0.2, -0.15) is 5.26 Å². The molecule has 3 rings (SSSR count). The van der Waals surface area contributed by atoms with Gasteiger partial charge in [-0.05, 0) is 62.6 Å². The molecule has 10 nitrogen and oxygen atoms in total. The molecule has 0 bridgehead atoms. The highest BCUT2D eigenvalue weighted by atomic mass is 19.1. The number of carbonyl (C=O) groups excluding carboxylic acids is 2. The maximum atomic E-state index is 13.3. The van der Waals surface area contributed by atoms with Gasteiger partial charge in [0.1, 0.15) is 23.2 Å². The van der Waals surface area contributed by atoms with E-state index >= 15 is 0 Å². The highest BCUT2D eigenvalue weighted by molar-refractivity contribution is 6.00. The Balaban J connectivity index is 1.67. The average molecular weight is 521 g/mol. The summed E-state index contributed by atoms with van der Waals surface area (Å²) in [5.41, 5.74) is 1.52. The van der Waals surface area contributed by atoms with E-state index in [1.54, 1.807) is 49.9 Å². The van der Waals surface area contributed by atoms with Crippen molar-refractivity contribution in [1.82, 2.24) is 14.9 Å². The van der Waals surface area contributed by atoms with Crippen molar-refractivity contribution in [2.45, 2.75) is 39.3 Å². The lowest BCUT2D eigenvalue weighted by Gasteiger charge is -2.27. The summed E-state index contributed by atoms with van der Waals surface area (Å²) in [7, 11) is 1.48. The van der Waals surface area contributed by atoms with Crippen LogP contribution in [0.1, 0.15) is 37.6 Å². The number of ether oxygens (including phenoxy) is 2. The maximum Gasteiger partial charge on any atom is 0.410 e. The number of amides is 3. The molecule has 0 atom stereocenters. The minimum atomic E-state index is -0.668. The predicted octanol–water partition coefficient (Wildman–Crippen LogP) is 5.12.